The van der Waals surface area contributed by atoms with Crippen LogP contribution in [-0.2, 0) is 13.5 Å². The number of rotatable bonds is 4. The number of benzene rings is 2. The van der Waals surface area contributed by atoms with Crippen molar-refractivity contribution in [2.24, 2.45) is 7.05 Å². The minimum Gasteiger partial charge on any atom is -0.497 e. The fourth-order valence-electron chi connectivity index (χ4n) is 2.96. The van der Waals surface area contributed by atoms with Crippen molar-refractivity contribution in [2.45, 2.75) is 20.3 Å². The number of urea groups is 1. The second-order valence-corrected chi connectivity index (χ2v) is 6.28. The number of aryl methyl sites for hydroxylation is 3. The predicted molar refractivity (Wildman–Crippen MR) is 105 cm³/mol. The Morgan fingerprint density at radius 3 is 2.73 bits per heavy atom. The van der Waals surface area contributed by atoms with Gasteiger partial charge in [0.15, 0.2) is 0 Å². The minimum absolute atomic E-state index is 0.197. The topological polar surface area (TPSA) is 59.4 Å². The quantitative estimate of drug-likeness (QED) is 0.768. The fraction of sp³-hybridized carbons (Fsp3) is 0.300. The second-order valence-electron chi connectivity index (χ2n) is 6.28. The lowest BCUT2D eigenvalue weighted by Crippen LogP contribution is -2.31. The van der Waals surface area contributed by atoms with Gasteiger partial charge in [0.1, 0.15) is 5.75 Å². The number of fused-ring (bicyclic) bond motifs is 1. The normalized spacial score (nSPS) is 10.8. The van der Waals surface area contributed by atoms with E-state index in [4.69, 9.17) is 4.74 Å². The third-order valence-electron chi connectivity index (χ3n) is 4.74. The Kier molecular flexibility index (Phi) is 4.84. The Hall–Kier alpha value is -3.02. The highest BCUT2D eigenvalue weighted by Gasteiger charge is 2.15. The summed E-state index contributed by atoms with van der Waals surface area (Å²) < 4.78 is 7.10. The molecule has 0 atom stereocenters. The van der Waals surface area contributed by atoms with Crippen molar-refractivity contribution < 1.29 is 9.53 Å². The zero-order valence-electron chi connectivity index (χ0n) is 15.8. The van der Waals surface area contributed by atoms with E-state index in [2.05, 4.69) is 10.4 Å². The summed E-state index contributed by atoms with van der Waals surface area (Å²) in [6.07, 6.45) is 0.801. The van der Waals surface area contributed by atoms with Crippen LogP contribution in [0.25, 0.3) is 10.9 Å². The second kappa shape index (κ2) is 7.07. The third-order valence-corrected chi connectivity index (χ3v) is 4.74. The van der Waals surface area contributed by atoms with Crippen LogP contribution < -0.4 is 15.0 Å². The number of amides is 2. The predicted octanol–water partition coefficient (Wildman–Crippen LogP) is 4.12. The van der Waals surface area contributed by atoms with Gasteiger partial charge in [0.2, 0.25) is 0 Å². The first-order valence-corrected chi connectivity index (χ1v) is 8.59. The van der Waals surface area contributed by atoms with Crippen LogP contribution in [0.15, 0.2) is 36.4 Å². The molecule has 1 N–H and O–H groups in total. The Bertz CT molecular complexity index is 962. The number of hydrogen-bond donors (Lipinski definition) is 1. The molecule has 0 saturated heterocycles. The van der Waals surface area contributed by atoms with Crippen LogP contribution in [0.1, 0.15) is 18.2 Å². The molecule has 0 radical (unpaired) electrons. The average molecular weight is 352 g/mol. The molecular formula is C20H24N4O2. The first kappa shape index (κ1) is 17.8. The number of nitrogens with zero attached hydrogens (tertiary/aromatic N) is 3. The highest BCUT2D eigenvalue weighted by molar-refractivity contribution is 6.03. The van der Waals surface area contributed by atoms with Gasteiger partial charge in [0.25, 0.3) is 0 Å². The maximum absolute atomic E-state index is 12.7. The lowest BCUT2D eigenvalue weighted by Gasteiger charge is -2.19. The summed E-state index contributed by atoms with van der Waals surface area (Å²) in [5.41, 5.74) is 4.59. The summed E-state index contributed by atoms with van der Waals surface area (Å²) >= 11 is 0. The summed E-state index contributed by atoms with van der Waals surface area (Å²) in [5.74, 6) is 0.782. The molecule has 0 fully saturated rings. The van der Waals surface area contributed by atoms with E-state index >= 15 is 0 Å². The van der Waals surface area contributed by atoms with Crippen LogP contribution in [0.5, 0.6) is 5.75 Å². The van der Waals surface area contributed by atoms with E-state index in [-0.39, 0.29) is 6.03 Å². The van der Waals surface area contributed by atoms with E-state index in [1.54, 1.807) is 19.1 Å². The van der Waals surface area contributed by atoms with Gasteiger partial charge in [-0.15, -0.1) is 0 Å². The summed E-state index contributed by atoms with van der Waals surface area (Å²) in [6, 6.07) is 11.3. The molecular weight excluding hydrogens is 328 g/mol. The van der Waals surface area contributed by atoms with Gasteiger partial charge < -0.3 is 10.1 Å². The number of ether oxygens (including phenoxy) is 1. The molecule has 6 nitrogen and oxygen atoms in total. The van der Waals surface area contributed by atoms with Crippen molar-refractivity contribution in [3.8, 4) is 5.75 Å². The van der Waals surface area contributed by atoms with Gasteiger partial charge in [-0.3, -0.25) is 9.58 Å². The molecule has 2 aromatic carbocycles. The van der Waals surface area contributed by atoms with Crippen LogP contribution >= 0.6 is 0 Å². The zero-order valence-corrected chi connectivity index (χ0v) is 15.8. The Morgan fingerprint density at radius 1 is 1.27 bits per heavy atom. The van der Waals surface area contributed by atoms with Crippen molar-refractivity contribution >= 4 is 28.3 Å². The van der Waals surface area contributed by atoms with Crippen molar-refractivity contribution in [1.29, 1.82) is 0 Å². The molecule has 0 aliphatic carbocycles. The Balaban J connectivity index is 1.84. The SMILES string of the molecule is CCc1cc(OC)ccc1NC(=O)N(C)c1ccc2c(C)n(C)nc2c1. The molecule has 3 aromatic rings. The van der Waals surface area contributed by atoms with E-state index in [0.29, 0.717) is 0 Å². The summed E-state index contributed by atoms with van der Waals surface area (Å²) in [6.45, 7) is 4.08. The van der Waals surface area contributed by atoms with Gasteiger partial charge in [0.05, 0.1) is 12.6 Å². The average Bonchev–Trinajstić information content (AvgIpc) is 2.94. The van der Waals surface area contributed by atoms with Crippen molar-refractivity contribution in [3.05, 3.63) is 47.7 Å². The molecule has 136 valence electrons. The molecule has 0 spiro atoms. The van der Waals surface area contributed by atoms with Crippen LogP contribution in [0.3, 0.4) is 0 Å². The lowest BCUT2D eigenvalue weighted by molar-refractivity contribution is 0.258. The molecule has 0 bridgehead atoms. The Morgan fingerprint density at radius 2 is 2.04 bits per heavy atom. The third kappa shape index (κ3) is 3.22. The highest BCUT2D eigenvalue weighted by Crippen LogP contribution is 2.25. The fourth-order valence-corrected chi connectivity index (χ4v) is 2.96. The number of methoxy groups -OCH3 is 1. The lowest BCUT2D eigenvalue weighted by atomic mass is 10.1. The molecule has 26 heavy (non-hydrogen) atoms. The van der Waals surface area contributed by atoms with Gasteiger partial charge in [0, 0.05) is 36.6 Å². The number of nitrogens with one attached hydrogen (secondary N) is 1. The van der Waals surface area contributed by atoms with Crippen LogP contribution in [-0.4, -0.2) is 30.0 Å². The molecule has 1 heterocycles. The van der Waals surface area contributed by atoms with Crippen molar-refractivity contribution in [3.63, 3.8) is 0 Å². The first-order valence-electron chi connectivity index (χ1n) is 8.59. The maximum Gasteiger partial charge on any atom is 0.326 e. The van der Waals surface area contributed by atoms with Gasteiger partial charge in [-0.1, -0.05) is 6.92 Å². The van der Waals surface area contributed by atoms with Gasteiger partial charge in [-0.05, 0) is 55.3 Å². The van der Waals surface area contributed by atoms with Crippen molar-refractivity contribution in [2.75, 3.05) is 24.4 Å². The number of carbonyl (C=O) groups is 1. The maximum atomic E-state index is 12.7. The molecule has 1 aromatic heterocycles. The van der Waals surface area contributed by atoms with Gasteiger partial charge in [-0.2, -0.15) is 5.10 Å². The van der Waals surface area contributed by atoms with Gasteiger partial charge in [-0.25, -0.2) is 4.79 Å². The zero-order chi connectivity index (χ0) is 18.8. The van der Waals surface area contributed by atoms with Crippen molar-refractivity contribution in [1.82, 2.24) is 9.78 Å². The molecule has 6 heteroatoms. The molecule has 0 saturated carbocycles. The molecule has 2 amide bonds. The minimum atomic E-state index is -0.197. The van der Waals surface area contributed by atoms with E-state index < -0.39 is 0 Å². The molecule has 0 aliphatic rings. The molecule has 0 aliphatic heterocycles. The molecule has 0 unspecified atom stereocenters. The summed E-state index contributed by atoms with van der Waals surface area (Å²) in [4.78, 5) is 14.3. The van der Waals surface area contributed by atoms with Crippen LogP contribution in [0, 0.1) is 6.92 Å². The monoisotopic (exact) mass is 352 g/mol. The number of anilines is 2. The number of hydrogen-bond acceptors (Lipinski definition) is 3. The molecule has 3 rings (SSSR count). The Labute approximate surface area is 153 Å². The summed E-state index contributed by atoms with van der Waals surface area (Å²) in [7, 11) is 5.30. The van der Waals surface area contributed by atoms with E-state index in [1.165, 1.54) is 0 Å². The largest absolute Gasteiger partial charge is 0.497 e. The highest BCUT2D eigenvalue weighted by atomic mass is 16.5. The van der Waals surface area contributed by atoms with Crippen LogP contribution in [0.2, 0.25) is 0 Å². The first-order chi connectivity index (χ1) is 12.4. The smallest absolute Gasteiger partial charge is 0.326 e. The summed E-state index contributed by atoms with van der Waals surface area (Å²) in [5, 5.41) is 8.56. The van der Waals surface area contributed by atoms with E-state index in [1.807, 2.05) is 62.0 Å². The number of aromatic nitrogens is 2. The van der Waals surface area contributed by atoms with Crippen LogP contribution in [0.4, 0.5) is 16.2 Å². The number of carbonyl (C=O) groups excluding carboxylic acids is 1. The standard InChI is InChI=1S/C20H24N4O2/c1-6-14-11-16(26-5)8-10-18(14)21-20(25)23(3)15-7-9-17-13(2)24(4)22-19(17)12-15/h7-12H,6H2,1-5H3,(H,21,25). The van der Waals surface area contributed by atoms with E-state index in [9.17, 15) is 4.79 Å². The van der Waals surface area contributed by atoms with E-state index in [0.717, 1.165) is 45.7 Å². The van der Waals surface area contributed by atoms with Gasteiger partial charge >= 0.3 is 6.03 Å².